The number of carbonyl (C=O) groups is 1. The van der Waals surface area contributed by atoms with Crippen molar-refractivity contribution < 1.29 is 14.1 Å². The Hall–Kier alpha value is -2.83. The molecular weight excluding hydrogens is 265 g/mol. The Morgan fingerprint density at radius 3 is 2.80 bits per heavy atom. The lowest BCUT2D eigenvalue weighted by molar-refractivity contribution is -0.385. The minimum Gasteiger partial charge on any atom is -0.346 e. The van der Waals surface area contributed by atoms with E-state index in [2.05, 4.69) is 10.3 Å². The van der Waals surface area contributed by atoms with Crippen LogP contribution in [0.5, 0.6) is 0 Å². The minimum atomic E-state index is -0.727. The molecule has 7 heteroatoms. The maximum atomic E-state index is 13.1. The Bertz CT molecular complexity index is 647. The standard InChI is InChI=1S/C13H10FN3O3/c14-9-4-5-12(17(19)20)11(7-9)13(18)16-8-10-3-1-2-6-15-10/h1-7H,8H2,(H,16,18). The molecule has 2 aromatic rings. The van der Waals surface area contributed by atoms with E-state index in [0.717, 1.165) is 18.2 Å². The van der Waals surface area contributed by atoms with Crippen molar-refractivity contribution in [2.75, 3.05) is 0 Å². The zero-order valence-electron chi connectivity index (χ0n) is 10.2. The van der Waals surface area contributed by atoms with Crippen molar-refractivity contribution >= 4 is 11.6 Å². The van der Waals surface area contributed by atoms with Gasteiger partial charge < -0.3 is 5.32 Å². The molecule has 20 heavy (non-hydrogen) atoms. The minimum absolute atomic E-state index is 0.105. The average Bonchev–Trinajstić information content (AvgIpc) is 2.45. The van der Waals surface area contributed by atoms with E-state index in [1.165, 1.54) is 0 Å². The summed E-state index contributed by atoms with van der Waals surface area (Å²) in [5.74, 6) is -1.43. The number of carbonyl (C=O) groups excluding carboxylic acids is 1. The molecule has 1 heterocycles. The van der Waals surface area contributed by atoms with Gasteiger partial charge in [0, 0.05) is 12.3 Å². The van der Waals surface area contributed by atoms with Gasteiger partial charge in [0.1, 0.15) is 11.4 Å². The number of aromatic nitrogens is 1. The number of nitrogens with zero attached hydrogens (tertiary/aromatic N) is 2. The van der Waals surface area contributed by atoms with Crippen molar-refractivity contribution in [2.45, 2.75) is 6.54 Å². The smallest absolute Gasteiger partial charge is 0.282 e. The topological polar surface area (TPSA) is 85.1 Å². The lowest BCUT2D eigenvalue weighted by atomic mass is 10.1. The number of amides is 1. The second kappa shape index (κ2) is 5.87. The number of hydrogen-bond acceptors (Lipinski definition) is 4. The van der Waals surface area contributed by atoms with Gasteiger partial charge in [0.25, 0.3) is 11.6 Å². The molecule has 2 rings (SSSR count). The zero-order chi connectivity index (χ0) is 14.5. The van der Waals surface area contributed by atoms with Gasteiger partial charge in [-0.1, -0.05) is 6.07 Å². The molecule has 0 radical (unpaired) electrons. The Balaban J connectivity index is 2.17. The highest BCUT2D eigenvalue weighted by Crippen LogP contribution is 2.19. The van der Waals surface area contributed by atoms with Crippen molar-refractivity contribution in [1.29, 1.82) is 0 Å². The highest BCUT2D eigenvalue weighted by Gasteiger charge is 2.20. The number of rotatable bonds is 4. The van der Waals surface area contributed by atoms with Crippen LogP contribution in [-0.4, -0.2) is 15.8 Å². The largest absolute Gasteiger partial charge is 0.346 e. The summed E-state index contributed by atoms with van der Waals surface area (Å²) >= 11 is 0. The Labute approximate surface area is 113 Å². The van der Waals surface area contributed by atoms with Crippen molar-refractivity contribution in [3.8, 4) is 0 Å². The molecule has 0 aliphatic carbocycles. The van der Waals surface area contributed by atoms with Crippen LogP contribution in [0.4, 0.5) is 10.1 Å². The molecule has 0 saturated carbocycles. The van der Waals surface area contributed by atoms with Crippen LogP contribution in [-0.2, 0) is 6.54 Å². The van der Waals surface area contributed by atoms with Crippen LogP contribution in [0.2, 0.25) is 0 Å². The van der Waals surface area contributed by atoms with Crippen LogP contribution in [0, 0.1) is 15.9 Å². The maximum absolute atomic E-state index is 13.1. The molecule has 0 spiro atoms. The van der Waals surface area contributed by atoms with Gasteiger partial charge in [0.05, 0.1) is 17.2 Å². The molecule has 0 aliphatic heterocycles. The first-order chi connectivity index (χ1) is 9.58. The van der Waals surface area contributed by atoms with Crippen LogP contribution >= 0.6 is 0 Å². The molecule has 0 fully saturated rings. The number of nitrogens with one attached hydrogen (secondary N) is 1. The molecule has 1 amide bonds. The third-order valence-corrected chi connectivity index (χ3v) is 2.56. The first kappa shape index (κ1) is 13.6. The van der Waals surface area contributed by atoms with E-state index >= 15 is 0 Å². The Morgan fingerprint density at radius 1 is 1.35 bits per heavy atom. The van der Waals surface area contributed by atoms with Gasteiger partial charge in [-0.3, -0.25) is 19.9 Å². The summed E-state index contributed by atoms with van der Waals surface area (Å²) in [6.07, 6.45) is 1.56. The predicted molar refractivity (Wildman–Crippen MR) is 68.5 cm³/mol. The summed E-state index contributed by atoms with van der Waals surface area (Å²) < 4.78 is 13.1. The number of halogens is 1. The molecule has 1 aromatic heterocycles. The Kier molecular flexibility index (Phi) is 3.99. The average molecular weight is 275 g/mol. The first-order valence-corrected chi connectivity index (χ1v) is 5.70. The lowest BCUT2D eigenvalue weighted by Crippen LogP contribution is -2.24. The number of hydrogen-bond donors (Lipinski definition) is 1. The third-order valence-electron chi connectivity index (χ3n) is 2.56. The van der Waals surface area contributed by atoms with Crippen molar-refractivity contribution in [1.82, 2.24) is 10.3 Å². The van der Waals surface area contributed by atoms with Gasteiger partial charge in [0.15, 0.2) is 0 Å². The fraction of sp³-hybridized carbons (Fsp3) is 0.0769. The third kappa shape index (κ3) is 3.14. The molecule has 0 bridgehead atoms. The lowest BCUT2D eigenvalue weighted by Gasteiger charge is -2.05. The molecular formula is C13H10FN3O3. The number of nitro benzene ring substituents is 1. The van der Waals surface area contributed by atoms with E-state index in [4.69, 9.17) is 0 Å². The van der Waals surface area contributed by atoms with Gasteiger partial charge in [0.2, 0.25) is 0 Å². The molecule has 0 aliphatic rings. The van der Waals surface area contributed by atoms with E-state index in [1.807, 2.05) is 0 Å². The van der Waals surface area contributed by atoms with Crippen molar-refractivity contribution in [3.63, 3.8) is 0 Å². The predicted octanol–water partition coefficient (Wildman–Crippen LogP) is 2.06. The van der Waals surface area contributed by atoms with Crippen LogP contribution < -0.4 is 5.32 Å². The molecule has 1 N–H and O–H groups in total. The monoisotopic (exact) mass is 275 g/mol. The van der Waals surface area contributed by atoms with Gasteiger partial charge in [-0.05, 0) is 24.3 Å². The quantitative estimate of drug-likeness (QED) is 0.683. The van der Waals surface area contributed by atoms with Crippen LogP contribution in [0.15, 0.2) is 42.6 Å². The first-order valence-electron chi connectivity index (χ1n) is 5.70. The van der Waals surface area contributed by atoms with Gasteiger partial charge in [-0.2, -0.15) is 0 Å². The fourth-order valence-corrected chi connectivity index (χ4v) is 1.62. The van der Waals surface area contributed by atoms with Gasteiger partial charge >= 0.3 is 0 Å². The maximum Gasteiger partial charge on any atom is 0.282 e. The van der Waals surface area contributed by atoms with E-state index in [-0.39, 0.29) is 12.1 Å². The molecule has 0 unspecified atom stereocenters. The van der Waals surface area contributed by atoms with Crippen LogP contribution in [0.1, 0.15) is 16.1 Å². The second-order valence-electron chi connectivity index (χ2n) is 3.92. The van der Waals surface area contributed by atoms with E-state index < -0.39 is 22.3 Å². The van der Waals surface area contributed by atoms with Gasteiger partial charge in [-0.15, -0.1) is 0 Å². The summed E-state index contributed by atoms with van der Waals surface area (Å²) in [6, 6.07) is 7.91. The molecule has 0 atom stereocenters. The fourth-order valence-electron chi connectivity index (χ4n) is 1.62. The summed E-state index contributed by atoms with van der Waals surface area (Å²) in [5.41, 5.74) is -0.157. The van der Waals surface area contributed by atoms with Crippen LogP contribution in [0.3, 0.4) is 0 Å². The number of nitro groups is 1. The second-order valence-corrected chi connectivity index (χ2v) is 3.92. The van der Waals surface area contributed by atoms with E-state index in [0.29, 0.717) is 5.69 Å². The molecule has 1 aromatic carbocycles. The highest BCUT2D eigenvalue weighted by atomic mass is 19.1. The SMILES string of the molecule is O=C(NCc1ccccn1)c1cc(F)ccc1[N+](=O)[O-]. The Morgan fingerprint density at radius 2 is 2.15 bits per heavy atom. The van der Waals surface area contributed by atoms with Crippen molar-refractivity contribution in [3.05, 3.63) is 69.8 Å². The normalized spacial score (nSPS) is 10.1. The van der Waals surface area contributed by atoms with Gasteiger partial charge in [-0.25, -0.2) is 4.39 Å². The number of pyridine rings is 1. The zero-order valence-corrected chi connectivity index (χ0v) is 10.2. The highest BCUT2D eigenvalue weighted by molar-refractivity contribution is 5.98. The summed E-state index contributed by atoms with van der Waals surface area (Å²) in [4.78, 5) is 26.0. The van der Waals surface area contributed by atoms with Crippen LogP contribution in [0.25, 0.3) is 0 Å². The summed E-state index contributed by atoms with van der Waals surface area (Å²) in [5, 5.41) is 13.3. The van der Waals surface area contributed by atoms with E-state index in [9.17, 15) is 19.3 Å². The van der Waals surface area contributed by atoms with E-state index in [1.54, 1.807) is 24.4 Å². The molecule has 6 nitrogen and oxygen atoms in total. The van der Waals surface area contributed by atoms with Crippen molar-refractivity contribution in [2.24, 2.45) is 0 Å². The molecule has 0 saturated heterocycles. The molecule has 102 valence electrons. The number of benzene rings is 1. The summed E-state index contributed by atoms with van der Waals surface area (Å²) in [6.45, 7) is 0.105. The summed E-state index contributed by atoms with van der Waals surface area (Å²) in [7, 11) is 0.